The van der Waals surface area contributed by atoms with Crippen LogP contribution in [0.1, 0.15) is 27.2 Å². The van der Waals surface area contributed by atoms with Crippen LogP contribution in [0.5, 0.6) is 11.5 Å². The Bertz CT molecular complexity index is 961. The second-order valence-electron chi connectivity index (χ2n) is 6.59. The van der Waals surface area contributed by atoms with E-state index >= 15 is 0 Å². The molecule has 3 rings (SSSR count). The van der Waals surface area contributed by atoms with Crippen molar-refractivity contribution in [3.8, 4) is 17.2 Å². The fourth-order valence-electron chi connectivity index (χ4n) is 3.02. The first kappa shape index (κ1) is 19.4. The summed E-state index contributed by atoms with van der Waals surface area (Å²) in [4.78, 5) is 12.4. The van der Waals surface area contributed by atoms with Crippen LogP contribution in [0.2, 0.25) is 0 Å². The highest BCUT2D eigenvalue weighted by molar-refractivity contribution is 5.91. The number of amides is 1. The average molecular weight is 380 g/mol. The first-order chi connectivity index (χ1) is 13.5. The summed E-state index contributed by atoms with van der Waals surface area (Å²) in [7, 11) is 3.20. The third-order valence-electron chi connectivity index (χ3n) is 4.34. The van der Waals surface area contributed by atoms with E-state index in [1.54, 1.807) is 25.1 Å². The van der Waals surface area contributed by atoms with Crippen LogP contribution in [0.15, 0.2) is 42.6 Å². The van der Waals surface area contributed by atoms with Gasteiger partial charge in [-0.15, -0.1) is 5.10 Å². The minimum Gasteiger partial charge on any atom is -0.493 e. The zero-order valence-electron chi connectivity index (χ0n) is 16.5. The zero-order chi connectivity index (χ0) is 20.1. The van der Waals surface area contributed by atoms with Crippen molar-refractivity contribution in [2.75, 3.05) is 20.8 Å². The summed E-state index contributed by atoms with van der Waals surface area (Å²) in [6.45, 7) is 4.52. The monoisotopic (exact) mass is 380 g/mol. The van der Waals surface area contributed by atoms with Crippen molar-refractivity contribution in [1.29, 1.82) is 0 Å². The summed E-state index contributed by atoms with van der Waals surface area (Å²) in [6.07, 6.45) is 2.30. The van der Waals surface area contributed by atoms with Crippen LogP contribution in [0.25, 0.3) is 5.69 Å². The topological polar surface area (TPSA) is 78.3 Å². The third-order valence-corrected chi connectivity index (χ3v) is 4.34. The van der Waals surface area contributed by atoms with Gasteiger partial charge in [-0.05, 0) is 61.2 Å². The molecule has 0 spiro atoms. The Balaban J connectivity index is 1.61. The number of ether oxygens (including phenoxy) is 2. The number of aryl methyl sites for hydroxylation is 2. The van der Waals surface area contributed by atoms with E-state index in [0.717, 1.165) is 22.4 Å². The van der Waals surface area contributed by atoms with E-state index in [9.17, 15) is 4.79 Å². The van der Waals surface area contributed by atoms with Gasteiger partial charge >= 0.3 is 0 Å². The Morgan fingerprint density at radius 2 is 1.75 bits per heavy atom. The van der Waals surface area contributed by atoms with Crippen molar-refractivity contribution in [3.63, 3.8) is 0 Å². The van der Waals surface area contributed by atoms with Gasteiger partial charge in [0.1, 0.15) is 0 Å². The lowest BCUT2D eigenvalue weighted by Crippen LogP contribution is -2.26. The van der Waals surface area contributed by atoms with Crippen molar-refractivity contribution in [3.05, 3.63) is 65.0 Å². The molecule has 7 heteroatoms. The molecule has 0 aliphatic heterocycles. The summed E-state index contributed by atoms with van der Waals surface area (Å²) in [6, 6.07) is 11.8. The highest BCUT2D eigenvalue weighted by Gasteiger charge is 2.12. The fraction of sp³-hybridized carbons (Fsp3) is 0.286. The smallest absolute Gasteiger partial charge is 0.273 e. The van der Waals surface area contributed by atoms with Crippen LogP contribution in [0.4, 0.5) is 0 Å². The SMILES string of the molecule is COc1ccc(CCNC(=O)c2cn(-c3cc(C)cc(C)c3)nn2)cc1OC. The molecule has 2 aromatic carbocycles. The van der Waals surface area contributed by atoms with Crippen LogP contribution in [0, 0.1) is 13.8 Å². The number of carbonyl (C=O) groups excluding carboxylic acids is 1. The van der Waals surface area contributed by atoms with E-state index in [4.69, 9.17) is 9.47 Å². The first-order valence-corrected chi connectivity index (χ1v) is 9.00. The number of nitrogens with one attached hydrogen (secondary N) is 1. The van der Waals surface area contributed by atoms with Crippen molar-refractivity contribution >= 4 is 5.91 Å². The van der Waals surface area contributed by atoms with Gasteiger partial charge in [-0.1, -0.05) is 17.3 Å². The standard InChI is InChI=1S/C21H24N4O3/c1-14-9-15(2)11-17(10-14)25-13-18(23-24-25)21(26)22-8-7-16-5-6-19(27-3)20(12-16)28-4/h5-6,9-13H,7-8H2,1-4H3,(H,22,26). The van der Waals surface area contributed by atoms with Crippen molar-refractivity contribution < 1.29 is 14.3 Å². The average Bonchev–Trinajstić information content (AvgIpc) is 3.17. The van der Waals surface area contributed by atoms with Crippen LogP contribution in [-0.4, -0.2) is 41.7 Å². The van der Waals surface area contributed by atoms with Gasteiger partial charge in [0, 0.05) is 6.54 Å². The predicted octanol–water partition coefficient (Wildman–Crippen LogP) is 2.87. The first-order valence-electron chi connectivity index (χ1n) is 9.00. The maximum absolute atomic E-state index is 12.4. The molecule has 1 N–H and O–H groups in total. The van der Waals surface area contributed by atoms with Gasteiger partial charge in [-0.25, -0.2) is 4.68 Å². The third kappa shape index (κ3) is 4.49. The Labute approximate surface area is 164 Å². The molecular formula is C21H24N4O3. The molecular weight excluding hydrogens is 356 g/mol. The molecule has 146 valence electrons. The second-order valence-corrected chi connectivity index (χ2v) is 6.59. The summed E-state index contributed by atoms with van der Waals surface area (Å²) < 4.78 is 12.1. The maximum Gasteiger partial charge on any atom is 0.273 e. The lowest BCUT2D eigenvalue weighted by Gasteiger charge is -2.09. The minimum atomic E-state index is -0.254. The molecule has 0 aliphatic rings. The Morgan fingerprint density at radius 1 is 1.04 bits per heavy atom. The van der Waals surface area contributed by atoms with Crippen LogP contribution < -0.4 is 14.8 Å². The van der Waals surface area contributed by atoms with E-state index in [2.05, 4.69) is 21.7 Å². The van der Waals surface area contributed by atoms with Gasteiger partial charge < -0.3 is 14.8 Å². The molecule has 7 nitrogen and oxygen atoms in total. The molecule has 1 heterocycles. The van der Waals surface area contributed by atoms with Crippen molar-refractivity contribution in [2.24, 2.45) is 0 Å². The fourth-order valence-corrected chi connectivity index (χ4v) is 3.02. The number of benzene rings is 2. The van der Waals surface area contributed by atoms with Gasteiger partial charge in [-0.3, -0.25) is 4.79 Å². The molecule has 1 aromatic heterocycles. The Morgan fingerprint density at radius 3 is 2.43 bits per heavy atom. The maximum atomic E-state index is 12.4. The van der Waals surface area contributed by atoms with Crippen LogP contribution in [0.3, 0.4) is 0 Å². The largest absolute Gasteiger partial charge is 0.493 e. The molecule has 1 amide bonds. The number of carbonyl (C=O) groups is 1. The molecule has 0 radical (unpaired) electrons. The minimum absolute atomic E-state index is 0.254. The number of rotatable bonds is 7. The predicted molar refractivity (Wildman–Crippen MR) is 106 cm³/mol. The number of hydrogen-bond donors (Lipinski definition) is 1. The van der Waals surface area contributed by atoms with E-state index < -0.39 is 0 Å². The lowest BCUT2D eigenvalue weighted by atomic mass is 10.1. The Hall–Kier alpha value is -3.35. The summed E-state index contributed by atoms with van der Waals surface area (Å²) >= 11 is 0. The summed E-state index contributed by atoms with van der Waals surface area (Å²) in [5.74, 6) is 1.09. The normalized spacial score (nSPS) is 10.6. The summed E-state index contributed by atoms with van der Waals surface area (Å²) in [5.41, 5.74) is 4.47. The van der Waals surface area contributed by atoms with Crippen molar-refractivity contribution in [1.82, 2.24) is 20.3 Å². The number of hydrogen-bond acceptors (Lipinski definition) is 5. The lowest BCUT2D eigenvalue weighted by molar-refractivity contribution is 0.0949. The second kappa shape index (κ2) is 8.56. The molecule has 0 saturated carbocycles. The molecule has 0 fully saturated rings. The number of methoxy groups -OCH3 is 2. The van der Waals surface area contributed by atoms with Gasteiger partial charge in [0.2, 0.25) is 0 Å². The van der Waals surface area contributed by atoms with Crippen molar-refractivity contribution in [2.45, 2.75) is 20.3 Å². The van der Waals surface area contributed by atoms with Gasteiger partial charge in [0.25, 0.3) is 5.91 Å². The molecule has 0 aliphatic carbocycles. The highest BCUT2D eigenvalue weighted by Crippen LogP contribution is 2.27. The van der Waals surface area contributed by atoms with Gasteiger partial charge in [-0.2, -0.15) is 0 Å². The molecule has 0 saturated heterocycles. The highest BCUT2D eigenvalue weighted by atomic mass is 16.5. The van der Waals surface area contributed by atoms with Crippen LogP contribution >= 0.6 is 0 Å². The number of nitrogens with zero attached hydrogens (tertiary/aromatic N) is 3. The molecule has 28 heavy (non-hydrogen) atoms. The van der Waals surface area contributed by atoms with Gasteiger partial charge in [0.15, 0.2) is 17.2 Å². The van der Waals surface area contributed by atoms with E-state index in [1.165, 1.54) is 0 Å². The molecule has 0 bridgehead atoms. The van der Waals surface area contributed by atoms with E-state index in [1.807, 2.05) is 44.2 Å². The molecule has 0 unspecified atom stereocenters. The molecule has 3 aromatic rings. The number of aromatic nitrogens is 3. The summed E-state index contributed by atoms with van der Waals surface area (Å²) in [5, 5.41) is 10.9. The molecule has 0 atom stereocenters. The van der Waals surface area contributed by atoms with E-state index in [0.29, 0.717) is 24.5 Å². The van der Waals surface area contributed by atoms with Crippen LogP contribution in [-0.2, 0) is 6.42 Å². The zero-order valence-corrected chi connectivity index (χ0v) is 16.5. The quantitative estimate of drug-likeness (QED) is 0.682. The Kier molecular flexibility index (Phi) is 5.93. The van der Waals surface area contributed by atoms with Gasteiger partial charge in [0.05, 0.1) is 26.1 Å². The van der Waals surface area contributed by atoms with E-state index in [-0.39, 0.29) is 11.6 Å².